The Bertz CT molecular complexity index is 935. The number of methoxy groups -OCH3 is 1. The van der Waals surface area contributed by atoms with Crippen LogP contribution in [0, 0.1) is 5.92 Å². The van der Waals surface area contributed by atoms with Crippen LogP contribution in [0.4, 0.5) is 5.82 Å². The first-order valence-corrected chi connectivity index (χ1v) is 9.79. The number of esters is 1. The van der Waals surface area contributed by atoms with Crippen molar-refractivity contribution in [2.75, 3.05) is 18.2 Å². The Morgan fingerprint density at radius 2 is 2.00 bits per heavy atom. The summed E-state index contributed by atoms with van der Waals surface area (Å²) in [5.74, 6) is 0.830. The summed E-state index contributed by atoms with van der Waals surface area (Å²) in [4.78, 5) is 32.9. The number of nitrogens with zero attached hydrogens (tertiary/aromatic N) is 1. The van der Waals surface area contributed by atoms with Crippen LogP contribution < -0.4 is 10.9 Å². The number of benzene rings is 1. The molecule has 0 aliphatic carbocycles. The Labute approximate surface area is 162 Å². The molecule has 0 bridgehead atoms. The van der Waals surface area contributed by atoms with E-state index in [9.17, 15) is 9.59 Å². The number of allylic oxidation sites excluding steroid dienone is 1. The molecule has 2 heterocycles. The molecular formula is C20H23N3O3S. The third-order valence-corrected chi connectivity index (χ3v) is 5.61. The average Bonchev–Trinajstić information content (AvgIpc) is 2.65. The van der Waals surface area contributed by atoms with Gasteiger partial charge in [0.15, 0.2) is 5.16 Å². The standard InChI is InChI=1S/C20H23N3O3S/c1-11(2)10-27-20-22-17-16(18(24)23-20)15(13-8-6-5-7-9-13)14(12(3)21-17)19(25)26-4/h5-9,11,15H,10H2,1-4H3,(H2,21,22,23,24)/t15-/m1/s1. The number of aromatic amines is 1. The number of hydrogen-bond donors (Lipinski definition) is 2. The van der Waals surface area contributed by atoms with Crippen LogP contribution in [0.3, 0.4) is 0 Å². The summed E-state index contributed by atoms with van der Waals surface area (Å²) in [5, 5.41) is 3.70. The van der Waals surface area contributed by atoms with Crippen molar-refractivity contribution in [2.45, 2.75) is 31.8 Å². The summed E-state index contributed by atoms with van der Waals surface area (Å²) in [6.45, 7) is 6.03. The van der Waals surface area contributed by atoms with E-state index in [1.165, 1.54) is 18.9 Å². The molecule has 27 heavy (non-hydrogen) atoms. The van der Waals surface area contributed by atoms with Crippen LogP contribution in [0.1, 0.15) is 37.8 Å². The predicted molar refractivity (Wildman–Crippen MR) is 107 cm³/mol. The Hall–Kier alpha value is -2.54. The number of ether oxygens (including phenoxy) is 1. The molecule has 7 heteroatoms. The van der Waals surface area contributed by atoms with E-state index in [0.717, 1.165) is 11.3 Å². The maximum atomic E-state index is 13.0. The molecular weight excluding hydrogens is 362 g/mol. The van der Waals surface area contributed by atoms with E-state index in [4.69, 9.17) is 4.74 Å². The molecule has 1 aliphatic rings. The fraction of sp³-hybridized carbons (Fsp3) is 0.350. The third kappa shape index (κ3) is 3.93. The number of carbonyl (C=O) groups is 1. The minimum Gasteiger partial charge on any atom is -0.466 e. The van der Waals surface area contributed by atoms with Crippen LogP contribution in [-0.2, 0) is 9.53 Å². The molecule has 0 radical (unpaired) electrons. The summed E-state index contributed by atoms with van der Waals surface area (Å²) in [5.41, 5.74) is 2.09. The fourth-order valence-corrected chi connectivity index (χ4v) is 3.92. The SMILES string of the molecule is COC(=O)C1=C(C)Nc2nc(SCC(C)C)[nH]c(=O)c2[C@@H]1c1ccccc1. The van der Waals surface area contributed by atoms with E-state index in [1.807, 2.05) is 30.3 Å². The predicted octanol–water partition coefficient (Wildman–Crippen LogP) is 3.52. The van der Waals surface area contributed by atoms with Crippen molar-refractivity contribution < 1.29 is 9.53 Å². The van der Waals surface area contributed by atoms with Crippen molar-refractivity contribution in [3.05, 3.63) is 63.1 Å². The quantitative estimate of drug-likeness (QED) is 0.465. The van der Waals surface area contributed by atoms with Crippen LogP contribution in [0.15, 0.2) is 51.6 Å². The largest absolute Gasteiger partial charge is 0.466 e. The Morgan fingerprint density at radius 1 is 1.30 bits per heavy atom. The zero-order chi connectivity index (χ0) is 19.6. The van der Waals surface area contributed by atoms with E-state index in [-0.39, 0.29) is 5.56 Å². The molecule has 0 unspecified atom stereocenters. The molecule has 2 aromatic rings. The summed E-state index contributed by atoms with van der Waals surface area (Å²) < 4.78 is 4.98. The molecule has 0 fully saturated rings. The van der Waals surface area contributed by atoms with Gasteiger partial charge >= 0.3 is 5.97 Å². The number of fused-ring (bicyclic) bond motifs is 1. The van der Waals surface area contributed by atoms with Crippen LogP contribution in [0.5, 0.6) is 0 Å². The van der Waals surface area contributed by atoms with Gasteiger partial charge in [-0.25, -0.2) is 9.78 Å². The van der Waals surface area contributed by atoms with Gasteiger partial charge in [0, 0.05) is 11.4 Å². The molecule has 142 valence electrons. The van der Waals surface area contributed by atoms with Gasteiger partial charge in [0.2, 0.25) is 0 Å². The van der Waals surface area contributed by atoms with Gasteiger partial charge in [-0.15, -0.1) is 0 Å². The molecule has 6 nitrogen and oxygen atoms in total. The van der Waals surface area contributed by atoms with Crippen LogP contribution in [-0.4, -0.2) is 28.8 Å². The lowest BCUT2D eigenvalue weighted by atomic mass is 9.82. The lowest BCUT2D eigenvalue weighted by Crippen LogP contribution is -2.31. The number of nitrogens with one attached hydrogen (secondary N) is 2. The van der Waals surface area contributed by atoms with E-state index in [1.54, 1.807) is 6.92 Å². The van der Waals surface area contributed by atoms with Gasteiger partial charge in [0.05, 0.1) is 24.2 Å². The molecule has 3 rings (SSSR count). The van der Waals surface area contributed by atoms with Gasteiger partial charge < -0.3 is 15.0 Å². The van der Waals surface area contributed by atoms with Gasteiger partial charge in [0.25, 0.3) is 5.56 Å². The summed E-state index contributed by atoms with van der Waals surface area (Å²) in [6, 6.07) is 9.47. The highest BCUT2D eigenvalue weighted by Gasteiger charge is 2.36. The maximum absolute atomic E-state index is 13.0. The van der Waals surface area contributed by atoms with Gasteiger partial charge in [-0.1, -0.05) is 55.9 Å². The van der Waals surface area contributed by atoms with Crippen molar-refractivity contribution in [3.63, 3.8) is 0 Å². The monoisotopic (exact) mass is 385 g/mol. The van der Waals surface area contributed by atoms with E-state index in [0.29, 0.717) is 33.7 Å². The first-order chi connectivity index (χ1) is 12.9. The number of carbonyl (C=O) groups excluding carboxylic acids is 1. The highest BCUT2D eigenvalue weighted by atomic mass is 32.2. The van der Waals surface area contributed by atoms with Gasteiger partial charge in [-0.3, -0.25) is 4.79 Å². The second-order valence-corrected chi connectivity index (χ2v) is 7.85. The molecule has 0 saturated carbocycles. The van der Waals surface area contributed by atoms with Gasteiger partial charge in [-0.2, -0.15) is 0 Å². The van der Waals surface area contributed by atoms with Gasteiger partial charge in [0.1, 0.15) is 5.82 Å². The van der Waals surface area contributed by atoms with E-state index in [2.05, 4.69) is 29.1 Å². The number of aromatic nitrogens is 2. The molecule has 1 aromatic heterocycles. The minimum atomic E-state index is -0.532. The first-order valence-electron chi connectivity index (χ1n) is 8.80. The second-order valence-electron chi connectivity index (χ2n) is 6.84. The van der Waals surface area contributed by atoms with Crippen molar-refractivity contribution in [2.24, 2.45) is 5.92 Å². The Kier molecular flexibility index (Phi) is 5.70. The zero-order valence-corrected chi connectivity index (χ0v) is 16.6. The lowest BCUT2D eigenvalue weighted by Gasteiger charge is -2.28. The second kappa shape index (κ2) is 8.00. The molecule has 2 N–H and O–H groups in total. The normalized spacial score (nSPS) is 16.1. The highest BCUT2D eigenvalue weighted by molar-refractivity contribution is 7.99. The Balaban J connectivity index is 2.15. The molecule has 0 amide bonds. The maximum Gasteiger partial charge on any atom is 0.336 e. The molecule has 1 aromatic carbocycles. The lowest BCUT2D eigenvalue weighted by molar-refractivity contribution is -0.136. The number of thioether (sulfide) groups is 1. The van der Waals surface area contributed by atoms with E-state index >= 15 is 0 Å². The zero-order valence-electron chi connectivity index (χ0n) is 15.8. The molecule has 0 saturated heterocycles. The number of anilines is 1. The van der Waals surface area contributed by atoms with Crippen molar-refractivity contribution in [1.82, 2.24) is 9.97 Å². The Morgan fingerprint density at radius 3 is 2.63 bits per heavy atom. The smallest absolute Gasteiger partial charge is 0.336 e. The number of hydrogen-bond acceptors (Lipinski definition) is 6. The van der Waals surface area contributed by atoms with E-state index < -0.39 is 11.9 Å². The number of rotatable bonds is 5. The highest BCUT2D eigenvalue weighted by Crippen LogP contribution is 2.39. The summed E-state index contributed by atoms with van der Waals surface area (Å²) in [7, 11) is 1.34. The number of H-pyrrole nitrogens is 1. The van der Waals surface area contributed by atoms with Crippen LogP contribution in [0.25, 0.3) is 0 Å². The van der Waals surface area contributed by atoms with Gasteiger partial charge in [-0.05, 0) is 18.4 Å². The summed E-state index contributed by atoms with van der Waals surface area (Å²) in [6.07, 6.45) is 0. The average molecular weight is 385 g/mol. The van der Waals surface area contributed by atoms with Crippen LogP contribution >= 0.6 is 11.8 Å². The van der Waals surface area contributed by atoms with Crippen molar-refractivity contribution >= 4 is 23.5 Å². The summed E-state index contributed by atoms with van der Waals surface area (Å²) >= 11 is 1.51. The van der Waals surface area contributed by atoms with Crippen molar-refractivity contribution in [3.8, 4) is 0 Å². The van der Waals surface area contributed by atoms with Crippen LogP contribution in [0.2, 0.25) is 0 Å². The first kappa shape index (κ1) is 19.2. The fourth-order valence-electron chi connectivity index (χ4n) is 3.10. The molecule has 0 spiro atoms. The topological polar surface area (TPSA) is 84.1 Å². The minimum absolute atomic E-state index is 0.249. The molecule has 1 aliphatic heterocycles. The van der Waals surface area contributed by atoms with Crippen molar-refractivity contribution in [1.29, 1.82) is 0 Å². The molecule has 1 atom stereocenters. The third-order valence-electron chi connectivity index (χ3n) is 4.31.